The van der Waals surface area contributed by atoms with Gasteiger partial charge in [-0.3, -0.25) is 4.79 Å². The second-order valence-electron chi connectivity index (χ2n) is 6.23. The van der Waals surface area contributed by atoms with Gasteiger partial charge in [0.05, 0.1) is 5.92 Å². The fourth-order valence-corrected chi connectivity index (χ4v) is 3.43. The van der Waals surface area contributed by atoms with Crippen LogP contribution in [0.3, 0.4) is 0 Å². The Morgan fingerprint density at radius 3 is 2.38 bits per heavy atom. The van der Waals surface area contributed by atoms with Crippen molar-refractivity contribution in [3.63, 3.8) is 0 Å². The first-order chi connectivity index (χ1) is 10.2. The summed E-state index contributed by atoms with van der Waals surface area (Å²) in [6.07, 6.45) is 6.02. The molecule has 21 heavy (non-hydrogen) atoms. The molecule has 1 aromatic carbocycles. The van der Waals surface area contributed by atoms with Crippen LogP contribution < -0.4 is 5.73 Å². The smallest absolute Gasteiger partial charge is 0.231 e. The lowest BCUT2D eigenvalue weighted by Crippen LogP contribution is -2.43. The number of benzene rings is 1. The van der Waals surface area contributed by atoms with Crippen LogP contribution in [0.25, 0.3) is 0 Å². The van der Waals surface area contributed by atoms with Gasteiger partial charge in [0.25, 0.3) is 0 Å². The van der Waals surface area contributed by atoms with E-state index in [-0.39, 0.29) is 11.8 Å². The molecule has 1 amide bonds. The van der Waals surface area contributed by atoms with E-state index in [1.807, 2.05) is 42.3 Å². The molecule has 2 rings (SSSR count). The van der Waals surface area contributed by atoms with Crippen molar-refractivity contribution in [3.05, 3.63) is 35.9 Å². The van der Waals surface area contributed by atoms with E-state index in [1.54, 1.807) is 0 Å². The summed E-state index contributed by atoms with van der Waals surface area (Å²) in [5, 5.41) is 0. The van der Waals surface area contributed by atoms with Gasteiger partial charge in [0.2, 0.25) is 5.91 Å². The van der Waals surface area contributed by atoms with E-state index in [4.69, 9.17) is 5.73 Å². The summed E-state index contributed by atoms with van der Waals surface area (Å²) in [4.78, 5) is 14.7. The molecule has 1 unspecified atom stereocenters. The average Bonchev–Trinajstić information content (AvgIpc) is 2.56. The molecule has 116 valence electrons. The molecule has 0 heterocycles. The molecule has 3 heteroatoms. The third-order valence-electron chi connectivity index (χ3n) is 5.02. The van der Waals surface area contributed by atoms with Crippen LogP contribution in [-0.2, 0) is 4.79 Å². The Morgan fingerprint density at radius 2 is 1.86 bits per heavy atom. The Labute approximate surface area is 128 Å². The summed E-state index contributed by atoms with van der Waals surface area (Å²) >= 11 is 0. The van der Waals surface area contributed by atoms with Crippen LogP contribution in [0, 0.1) is 5.92 Å². The summed E-state index contributed by atoms with van der Waals surface area (Å²) in [6, 6.07) is 10.3. The minimum atomic E-state index is -0.208. The van der Waals surface area contributed by atoms with Gasteiger partial charge in [-0.25, -0.2) is 0 Å². The van der Waals surface area contributed by atoms with Gasteiger partial charge in [0.1, 0.15) is 0 Å². The first kappa shape index (κ1) is 16.0. The van der Waals surface area contributed by atoms with E-state index in [2.05, 4.69) is 6.92 Å². The van der Waals surface area contributed by atoms with Crippen LogP contribution in [0.2, 0.25) is 0 Å². The van der Waals surface area contributed by atoms with Gasteiger partial charge in [-0.2, -0.15) is 0 Å². The van der Waals surface area contributed by atoms with Crippen LogP contribution in [0.4, 0.5) is 0 Å². The van der Waals surface area contributed by atoms with E-state index in [1.165, 1.54) is 19.3 Å². The summed E-state index contributed by atoms with van der Waals surface area (Å²) < 4.78 is 0. The van der Waals surface area contributed by atoms with Crippen molar-refractivity contribution in [2.75, 3.05) is 13.6 Å². The van der Waals surface area contributed by atoms with Gasteiger partial charge in [-0.1, -0.05) is 43.7 Å². The molecule has 3 nitrogen and oxygen atoms in total. The lowest BCUT2D eigenvalue weighted by Gasteiger charge is -2.36. The minimum Gasteiger partial charge on any atom is -0.342 e. The zero-order valence-electron chi connectivity index (χ0n) is 13.3. The van der Waals surface area contributed by atoms with Crippen molar-refractivity contribution in [2.24, 2.45) is 11.7 Å². The van der Waals surface area contributed by atoms with Crippen molar-refractivity contribution >= 4 is 5.91 Å². The fraction of sp³-hybridized carbons (Fsp3) is 0.611. The molecule has 0 aromatic heterocycles. The van der Waals surface area contributed by atoms with E-state index >= 15 is 0 Å². The number of carbonyl (C=O) groups is 1. The zero-order valence-corrected chi connectivity index (χ0v) is 13.3. The second kappa shape index (κ2) is 7.60. The maximum atomic E-state index is 12.8. The van der Waals surface area contributed by atoms with Gasteiger partial charge in [0.15, 0.2) is 0 Å². The lowest BCUT2D eigenvalue weighted by molar-refractivity contribution is -0.134. The van der Waals surface area contributed by atoms with Crippen LogP contribution in [0.1, 0.15) is 50.5 Å². The summed E-state index contributed by atoms with van der Waals surface area (Å²) in [7, 11) is 1.95. The van der Waals surface area contributed by atoms with Crippen molar-refractivity contribution in [3.8, 4) is 0 Å². The van der Waals surface area contributed by atoms with Crippen LogP contribution >= 0.6 is 0 Å². The van der Waals surface area contributed by atoms with Crippen molar-refractivity contribution < 1.29 is 4.79 Å². The molecule has 0 aliphatic heterocycles. The molecule has 1 saturated carbocycles. The van der Waals surface area contributed by atoms with Crippen LogP contribution in [-0.4, -0.2) is 30.4 Å². The highest BCUT2D eigenvalue weighted by Crippen LogP contribution is 2.30. The maximum absolute atomic E-state index is 12.8. The number of nitrogens with two attached hydrogens (primary N) is 1. The SMILES string of the molecule is CCC1CCC(N(C)C(=O)C(CN)c2ccccc2)CC1. The van der Waals surface area contributed by atoms with E-state index < -0.39 is 0 Å². The Hall–Kier alpha value is -1.35. The van der Waals surface area contributed by atoms with Gasteiger partial charge in [0, 0.05) is 19.6 Å². The maximum Gasteiger partial charge on any atom is 0.231 e. The quantitative estimate of drug-likeness (QED) is 0.904. The summed E-state index contributed by atoms with van der Waals surface area (Å²) in [5.41, 5.74) is 6.90. The molecule has 0 saturated heterocycles. The van der Waals surface area contributed by atoms with Crippen molar-refractivity contribution in [1.29, 1.82) is 0 Å². The Morgan fingerprint density at radius 1 is 1.24 bits per heavy atom. The summed E-state index contributed by atoms with van der Waals surface area (Å²) in [5.74, 6) is 0.813. The molecule has 1 aliphatic rings. The number of carbonyl (C=O) groups excluding carboxylic acids is 1. The molecule has 2 N–H and O–H groups in total. The van der Waals surface area contributed by atoms with E-state index in [9.17, 15) is 4.79 Å². The average molecular weight is 288 g/mol. The molecule has 1 aliphatic carbocycles. The molecule has 1 aromatic rings. The Bertz CT molecular complexity index is 438. The molecule has 1 atom stereocenters. The monoisotopic (exact) mass is 288 g/mol. The van der Waals surface area contributed by atoms with E-state index in [0.717, 1.165) is 24.3 Å². The lowest BCUT2D eigenvalue weighted by atomic mass is 9.83. The normalized spacial score (nSPS) is 23.6. The minimum absolute atomic E-state index is 0.170. The highest BCUT2D eigenvalue weighted by atomic mass is 16.2. The molecule has 0 radical (unpaired) electrons. The molecule has 0 bridgehead atoms. The topological polar surface area (TPSA) is 46.3 Å². The number of likely N-dealkylation sites (N-methyl/N-ethyl adjacent to an activating group) is 1. The Balaban J connectivity index is 2.01. The number of hydrogen-bond acceptors (Lipinski definition) is 2. The Kier molecular flexibility index (Phi) is 5.80. The van der Waals surface area contributed by atoms with Crippen molar-refractivity contribution in [1.82, 2.24) is 4.90 Å². The highest BCUT2D eigenvalue weighted by molar-refractivity contribution is 5.84. The third kappa shape index (κ3) is 3.85. The molecular weight excluding hydrogens is 260 g/mol. The molecule has 0 spiro atoms. The van der Waals surface area contributed by atoms with Crippen molar-refractivity contribution in [2.45, 2.75) is 51.0 Å². The second-order valence-corrected chi connectivity index (χ2v) is 6.23. The number of amides is 1. The first-order valence-corrected chi connectivity index (χ1v) is 8.19. The number of hydrogen-bond donors (Lipinski definition) is 1. The zero-order chi connectivity index (χ0) is 15.2. The standard InChI is InChI=1S/C18H28N2O/c1-3-14-9-11-16(12-10-14)20(2)18(21)17(13-19)15-7-5-4-6-8-15/h4-8,14,16-17H,3,9-13,19H2,1-2H3. The summed E-state index contributed by atoms with van der Waals surface area (Å²) in [6.45, 7) is 2.64. The number of nitrogens with zero attached hydrogens (tertiary/aromatic N) is 1. The predicted octanol–water partition coefficient (Wildman–Crippen LogP) is 3.16. The van der Waals surface area contributed by atoms with E-state index in [0.29, 0.717) is 12.6 Å². The third-order valence-corrected chi connectivity index (χ3v) is 5.02. The molecule has 1 fully saturated rings. The highest BCUT2D eigenvalue weighted by Gasteiger charge is 2.29. The van der Waals surface area contributed by atoms with Gasteiger partial charge < -0.3 is 10.6 Å². The largest absolute Gasteiger partial charge is 0.342 e. The van der Waals surface area contributed by atoms with Gasteiger partial charge in [-0.15, -0.1) is 0 Å². The molecular formula is C18H28N2O. The predicted molar refractivity (Wildman–Crippen MR) is 87.0 cm³/mol. The van der Waals surface area contributed by atoms with Crippen LogP contribution in [0.5, 0.6) is 0 Å². The first-order valence-electron chi connectivity index (χ1n) is 8.19. The van der Waals surface area contributed by atoms with Gasteiger partial charge in [-0.05, 0) is 37.2 Å². The fourth-order valence-electron chi connectivity index (χ4n) is 3.43. The number of rotatable bonds is 5. The van der Waals surface area contributed by atoms with Crippen LogP contribution in [0.15, 0.2) is 30.3 Å². The van der Waals surface area contributed by atoms with Gasteiger partial charge >= 0.3 is 0 Å².